The number of thiophene rings is 1. The van der Waals surface area contributed by atoms with Gasteiger partial charge in [-0.2, -0.15) is 0 Å². The normalized spacial score (nSPS) is 12.6. The Labute approximate surface area is 108 Å². The minimum atomic E-state index is 0.230. The van der Waals surface area contributed by atoms with Crippen LogP contribution in [0.15, 0.2) is 40.4 Å². The molecule has 16 heavy (non-hydrogen) atoms. The fraction of sp³-hybridized carbons (Fsp3) is 0.250. The quantitative estimate of drug-likeness (QED) is 0.932. The second-order valence-electron chi connectivity index (χ2n) is 3.41. The van der Waals surface area contributed by atoms with Crippen LogP contribution in [0.2, 0.25) is 0 Å². The topological polar surface area (TPSA) is 24.9 Å². The minimum Gasteiger partial charge on any atom is -0.306 e. The van der Waals surface area contributed by atoms with Gasteiger partial charge in [-0.05, 0) is 45.6 Å². The maximum Gasteiger partial charge on any atom is 0.0697 e. The molecule has 0 aliphatic carbocycles. The Morgan fingerprint density at radius 3 is 2.94 bits per heavy atom. The zero-order valence-corrected chi connectivity index (χ0v) is 11.4. The fourth-order valence-corrected chi connectivity index (χ4v) is 3.33. The monoisotopic (exact) mass is 296 g/mol. The van der Waals surface area contributed by atoms with Crippen LogP contribution in [0.5, 0.6) is 0 Å². The van der Waals surface area contributed by atoms with E-state index in [0.29, 0.717) is 0 Å². The van der Waals surface area contributed by atoms with E-state index in [9.17, 15) is 0 Å². The molecule has 1 unspecified atom stereocenters. The highest BCUT2D eigenvalue weighted by Gasteiger charge is 2.16. The van der Waals surface area contributed by atoms with Crippen molar-refractivity contribution in [3.8, 4) is 0 Å². The molecule has 0 amide bonds. The molecule has 0 spiro atoms. The molecular weight excluding hydrogens is 284 g/mol. The van der Waals surface area contributed by atoms with E-state index < -0.39 is 0 Å². The van der Waals surface area contributed by atoms with E-state index in [2.05, 4.69) is 50.7 Å². The van der Waals surface area contributed by atoms with E-state index in [0.717, 1.165) is 11.0 Å². The van der Waals surface area contributed by atoms with Crippen molar-refractivity contribution in [1.29, 1.82) is 0 Å². The predicted molar refractivity (Wildman–Crippen MR) is 71.8 cm³/mol. The van der Waals surface area contributed by atoms with Crippen LogP contribution in [0.3, 0.4) is 0 Å². The molecule has 0 saturated heterocycles. The summed E-state index contributed by atoms with van der Waals surface area (Å²) in [5.41, 5.74) is 1.20. The van der Waals surface area contributed by atoms with Gasteiger partial charge in [-0.15, -0.1) is 11.3 Å². The van der Waals surface area contributed by atoms with Crippen molar-refractivity contribution < 1.29 is 0 Å². The Morgan fingerprint density at radius 1 is 1.50 bits per heavy atom. The Kier molecular flexibility index (Phi) is 4.09. The molecule has 2 rings (SSSR count). The van der Waals surface area contributed by atoms with Crippen LogP contribution in [0.4, 0.5) is 0 Å². The van der Waals surface area contributed by atoms with E-state index in [4.69, 9.17) is 0 Å². The fourth-order valence-electron chi connectivity index (χ4n) is 1.62. The Hall–Kier alpha value is -0.710. The SMILES string of the molecule is CCNC(c1cccnc1)c1sccc1Br. The molecule has 0 aliphatic rings. The summed E-state index contributed by atoms with van der Waals surface area (Å²) < 4.78 is 1.16. The highest BCUT2D eigenvalue weighted by atomic mass is 79.9. The number of hydrogen-bond acceptors (Lipinski definition) is 3. The first kappa shape index (κ1) is 11.8. The summed E-state index contributed by atoms with van der Waals surface area (Å²) in [6, 6.07) is 6.39. The van der Waals surface area contributed by atoms with Crippen molar-refractivity contribution in [3.63, 3.8) is 0 Å². The number of nitrogens with zero attached hydrogens (tertiary/aromatic N) is 1. The first-order chi connectivity index (χ1) is 7.83. The lowest BCUT2D eigenvalue weighted by Crippen LogP contribution is -2.21. The van der Waals surface area contributed by atoms with Crippen LogP contribution in [-0.4, -0.2) is 11.5 Å². The molecule has 4 heteroatoms. The number of hydrogen-bond donors (Lipinski definition) is 1. The number of halogens is 1. The molecule has 2 aromatic heterocycles. The maximum absolute atomic E-state index is 4.18. The summed E-state index contributed by atoms with van der Waals surface area (Å²) in [4.78, 5) is 5.48. The van der Waals surface area contributed by atoms with E-state index in [-0.39, 0.29) is 6.04 Å². The van der Waals surface area contributed by atoms with Gasteiger partial charge >= 0.3 is 0 Å². The van der Waals surface area contributed by atoms with E-state index in [1.165, 1.54) is 10.4 Å². The average Bonchev–Trinajstić information content (AvgIpc) is 2.73. The largest absolute Gasteiger partial charge is 0.306 e. The maximum atomic E-state index is 4.18. The van der Waals surface area contributed by atoms with Crippen LogP contribution in [0.1, 0.15) is 23.4 Å². The van der Waals surface area contributed by atoms with Crippen LogP contribution >= 0.6 is 27.3 Å². The van der Waals surface area contributed by atoms with Gasteiger partial charge in [0, 0.05) is 21.7 Å². The molecule has 1 N–H and O–H groups in total. The zero-order valence-electron chi connectivity index (χ0n) is 8.98. The zero-order chi connectivity index (χ0) is 11.4. The highest BCUT2D eigenvalue weighted by molar-refractivity contribution is 9.10. The van der Waals surface area contributed by atoms with Crippen molar-refractivity contribution in [3.05, 3.63) is 50.9 Å². The van der Waals surface area contributed by atoms with Gasteiger partial charge in [-0.1, -0.05) is 13.0 Å². The summed E-state index contributed by atoms with van der Waals surface area (Å²) in [5, 5.41) is 5.58. The smallest absolute Gasteiger partial charge is 0.0697 e. The molecule has 0 bridgehead atoms. The lowest BCUT2D eigenvalue weighted by Gasteiger charge is -2.17. The van der Waals surface area contributed by atoms with Crippen LogP contribution in [0.25, 0.3) is 0 Å². The van der Waals surface area contributed by atoms with Gasteiger partial charge in [0.1, 0.15) is 0 Å². The number of pyridine rings is 1. The van der Waals surface area contributed by atoms with Crippen molar-refractivity contribution in [1.82, 2.24) is 10.3 Å². The van der Waals surface area contributed by atoms with E-state index in [1.807, 2.05) is 12.3 Å². The molecule has 0 saturated carbocycles. The third kappa shape index (κ3) is 2.51. The summed E-state index contributed by atoms with van der Waals surface area (Å²) in [7, 11) is 0. The average molecular weight is 297 g/mol. The van der Waals surface area contributed by atoms with Crippen LogP contribution in [-0.2, 0) is 0 Å². The third-order valence-corrected chi connectivity index (χ3v) is 4.27. The Bertz CT molecular complexity index is 441. The molecule has 1 atom stereocenters. The van der Waals surface area contributed by atoms with Crippen molar-refractivity contribution >= 4 is 27.3 Å². The van der Waals surface area contributed by atoms with Gasteiger partial charge in [0.15, 0.2) is 0 Å². The molecule has 84 valence electrons. The number of nitrogens with one attached hydrogen (secondary N) is 1. The van der Waals surface area contributed by atoms with Crippen molar-refractivity contribution in [2.75, 3.05) is 6.54 Å². The van der Waals surface area contributed by atoms with Gasteiger partial charge < -0.3 is 5.32 Å². The molecule has 0 aliphatic heterocycles. The molecular formula is C12H13BrN2S. The highest BCUT2D eigenvalue weighted by Crippen LogP contribution is 2.32. The van der Waals surface area contributed by atoms with Crippen LogP contribution < -0.4 is 5.32 Å². The summed E-state index contributed by atoms with van der Waals surface area (Å²) in [6.45, 7) is 3.05. The summed E-state index contributed by atoms with van der Waals surface area (Å²) >= 11 is 5.34. The molecule has 2 aromatic rings. The second-order valence-corrected chi connectivity index (χ2v) is 5.21. The lowest BCUT2D eigenvalue weighted by atomic mass is 10.1. The molecule has 0 fully saturated rings. The van der Waals surface area contributed by atoms with Gasteiger partial charge in [-0.25, -0.2) is 0 Å². The minimum absolute atomic E-state index is 0.230. The van der Waals surface area contributed by atoms with Crippen molar-refractivity contribution in [2.24, 2.45) is 0 Å². The molecule has 2 nitrogen and oxygen atoms in total. The molecule has 0 aromatic carbocycles. The first-order valence-corrected chi connectivity index (χ1v) is 6.86. The second kappa shape index (κ2) is 5.57. The van der Waals surface area contributed by atoms with E-state index in [1.54, 1.807) is 17.5 Å². The first-order valence-electron chi connectivity index (χ1n) is 5.19. The van der Waals surface area contributed by atoms with Gasteiger partial charge in [0.05, 0.1) is 6.04 Å². The van der Waals surface area contributed by atoms with Gasteiger partial charge in [-0.3, -0.25) is 4.98 Å². The lowest BCUT2D eigenvalue weighted by molar-refractivity contribution is 0.636. The van der Waals surface area contributed by atoms with Gasteiger partial charge in [0.25, 0.3) is 0 Å². The summed E-state index contributed by atoms with van der Waals surface area (Å²) in [6.07, 6.45) is 3.72. The third-order valence-electron chi connectivity index (χ3n) is 2.33. The predicted octanol–water partition coefficient (Wildman–Crippen LogP) is 3.60. The molecule has 2 heterocycles. The molecule has 0 radical (unpaired) electrons. The number of aromatic nitrogens is 1. The number of rotatable bonds is 4. The summed E-state index contributed by atoms with van der Waals surface area (Å²) in [5.74, 6) is 0. The Balaban J connectivity index is 2.35. The van der Waals surface area contributed by atoms with Gasteiger partial charge in [0.2, 0.25) is 0 Å². The standard InChI is InChI=1S/C12H13BrN2S/c1-2-15-11(9-4-3-6-14-8-9)12-10(13)5-7-16-12/h3-8,11,15H,2H2,1H3. The Morgan fingerprint density at radius 2 is 2.38 bits per heavy atom. The van der Waals surface area contributed by atoms with E-state index >= 15 is 0 Å². The van der Waals surface area contributed by atoms with Crippen LogP contribution in [0, 0.1) is 0 Å². The van der Waals surface area contributed by atoms with Crippen molar-refractivity contribution in [2.45, 2.75) is 13.0 Å².